The van der Waals surface area contributed by atoms with Crippen molar-refractivity contribution in [3.63, 3.8) is 0 Å². The molecule has 1 heterocycles. The summed E-state index contributed by atoms with van der Waals surface area (Å²) in [5.74, 6) is 0.187. The fourth-order valence-electron chi connectivity index (χ4n) is 3.43. The summed E-state index contributed by atoms with van der Waals surface area (Å²) in [4.78, 5) is 19.3. The summed E-state index contributed by atoms with van der Waals surface area (Å²) in [6.07, 6.45) is 0. The quantitative estimate of drug-likeness (QED) is 0.473. The van der Waals surface area contributed by atoms with Crippen molar-refractivity contribution in [2.24, 2.45) is 5.14 Å². The minimum absolute atomic E-state index is 0.00876. The van der Waals surface area contributed by atoms with Crippen LogP contribution in [0, 0.1) is 0 Å². The highest BCUT2D eigenvalue weighted by molar-refractivity contribution is 7.89. The van der Waals surface area contributed by atoms with Gasteiger partial charge in [-0.25, -0.2) is 23.2 Å². The number of benzene rings is 3. The van der Waals surface area contributed by atoms with Crippen LogP contribution in [-0.2, 0) is 10.0 Å². The summed E-state index contributed by atoms with van der Waals surface area (Å²) in [5.41, 5.74) is 2.23. The second-order valence-electron chi connectivity index (χ2n) is 7.58. The van der Waals surface area contributed by atoms with Gasteiger partial charge in [-0.15, -0.1) is 5.10 Å². The Kier molecular flexibility index (Phi) is 6.08. The molecule has 3 aromatic carbocycles. The van der Waals surface area contributed by atoms with E-state index >= 15 is 0 Å². The van der Waals surface area contributed by atoms with E-state index in [-0.39, 0.29) is 10.7 Å². The van der Waals surface area contributed by atoms with E-state index in [2.05, 4.69) is 10.1 Å². The summed E-state index contributed by atoms with van der Waals surface area (Å²) in [6.45, 7) is 1.80. The number of carbonyl (C=O) groups excluding carboxylic acids is 1. The first-order valence-corrected chi connectivity index (χ1v) is 11.8. The fourth-order valence-corrected chi connectivity index (χ4v) is 4.00. The van der Waals surface area contributed by atoms with Gasteiger partial charge in [0.2, 0.25) is 15.8 Å². The van der Waals surface area contributed by atoms with Crippen LogP contribution >= 0.6 is 0 Å². The van der Waals surface area contributed by atoms with Gasteiger partial charge in [0.25, 0.3) is 5.91 Å². The predicted octanol–water partition coefficient (Wildman–Crippen LogP) is 3.41. The molecule has 0 saturated heterocycles. The average molecular weight is 462 g/mol. The number of hydrogen-bond acceptors (Lipinski definition) is 5. The third-order valence-electron chi connectivity index (χ3n) is 5.40. The second-order valence-corrected chi connectivity index (χ2v) is 9.14. The van der Waals surface area contributed by atoms with Crippen LogP contribution in [0.5, 0.6) is 0 Å². The lowest BCUT2D eigenvalue weighted by Crippen LogP contribution is -2.30. The normalized spacial score (nSPS) is 12.3. The maximum Gasteiger partial charge on any atom is 0.293 e. The van der Waals surface area contributed by atoms with E-state index in [0.29, 0.717) is 11.4 Å². The monoisotopic (exact) mass is 461 g/mol. The van der Waals surface area contributed by atoms with Crippen LogP contribution in [0.3, 0.4) is 0 Å². The first kappa shape index (κ1) is 22.4. The third-order valence-corrected chi connectivity index (χ3v) is 6.31. The first-order valence-electron chi connectivity index (χ1n) is 10.2. The highest BCUT2D eigenvalue weighted by Gasteiger charge is 2.25. The Balaban J connectivity index is 1.70. The number of carbonyl (C=O) groups is 1. The van der Waals surface area contributed by atoms with Crippen LogP contribution in [0.2, 0.25) is 0 Å². The Bertz CT molecular complexity index is 1330. The van der Waals surface area contributed by atoms with E-state index in [1.54, 1.807) is 30.8 Å². The summed E-state index contributed by atoms with van der Waals surface area (Å²) in [6, 6.07) is 24.8. The van der Waals surface area contributed by atoms with Crippen LogP contribution in [-0.4, -0.2) is 41.0 Å². The van der Waals surface area contributed by atoms with Crippen molar-refractivity contribution in [2.45, 2.75) is 17.9 Å². The van der Waals surface area contributed by atoms with Crippen LogP contribution in [0.1, 0.15) is 29.1 Å². The van der Waals surface area contributed by atoms with Crippen LogP contribution in [0.25, 0.3) is 17.1 Å². The molecule has 33 heavy (non-hydrogen) atoms. The Morgan fingerprint density at radius 1 is 0.970 bits per heavy atom. The lowest BCUT2D eigenvalue weighted by atomic mass is 10.1. The number of sulfonamides is 1. The van der Waals surface area contributed by atoms with E-state index in [9.17, 15) is 13.2 Å². The molecule has 0 aliphatic carbocycles. The van der Waals surface area contributed by atoms with Crippen molar-refractivity contribution in [1.29, 1.82) is 0 Å². The molecule has 0 bridgehead atoms. The Labute approximate surface area is 192 Å². The molecule has 4 rings (SSSR count). The van der Waals surface area contributed by atoms with E-state index in [0.717, 1.165) is 11.3 Å². The summed E-state index contributed by atoms with van der Waals surface area (Å²) in [7, 11) is -2.22. The zero-order chi connectivity index (χ0) is 23.6. The Hall–Kier alpha value is -3.82. The third kappa shape index (κ3) is 4.69. The molecule has 0 saturated carbocycles. The van der Waals surface area contributed by atoms with Gasteiger partial charge in [0.05, 0.1) is 16.6 Å². The van der Waals surface area contributed by atoms with Crippen LogP contribution in [0.4, 0.5) is 0 Å². The van der Waals surface area contributed by atoms with Gasteiger partial charge in [0.1, 0.15) is 0 Å². The predicted molar refractivity (Wildman–Crippen MR) is 125 cm³/mol. The minimum atomic E-state index is -3.85. The standard InChI is InChI=1S/C24H23N5O3S/c1-17(19-12-9-15-21(16-19)33(25,31)32)28(2)24(30)22-26-23(18-10-5-3-6-11-18)29(27-22)20-13-7-4-8-14-20/h3-17H,1-2H3,(H2,25,31,32). The molecular formula is C24H23N5O3S. The number of primary sulfonamides is 1. The fraction of sp³-hybridized carbons (Fsp3) is 0.125. The highest BCUT2D eigenvalue weighted by Crippen LogP contribution is 2.25. The first-order chi connectivity index (χ1) is 15.8. The zero-order valence-electron chi connectivity index (χ0n) is 18.2. The molecule has 1 amide bonds. The molecule has 1 aromatic heterocycles. The second kappa shape index (κ2) is 8.97. The van der Waals surface area contributed by atoms with Crippen molar-refractivity contribution in [1.82, 2.24) is 19.7 Å². The smallest absolute Gasteiger partial charge is 0.293 e. The number of rotatable bonds is 6. The van der Waals surface area contributed by atoms with Crippen molar-refractivity contribution < 1.29 is 13.2 Å². The highest BCUT2D eigenvalue weighted by atomic mass is 32.2. The maximum absolute atomic E-state index is 13.3. The summed E-state index contributed by atoms with van der Waals surface area (Å²) >= 11 is 0. The van der Waals surface area contributed by atoms with Gasteiger partial charge in [-0.1, -0.05) is 60.7 Å². The van der Waals surface area contributed by atoms with Crippen molar-refractivity contribution >= 4 is 15.9 Å². The molecule has 4 aromatic rings. The number of hydrogen-bond donors (Lipinski definition) is 1. The number of amides is 1. The number of para-hydroxylation sites is 1. The Morgan fingerprint density at radius 2 is 1.61 bits per heavy atom. The van der Waals surface area contributed by atoms with Gasteiger partial charge in [0, 0.05) is 12.6 Å². The molecule has 0 spiro atoms. The molecule has 0 fully saturated rings. The molecular weight excluding hydrogens is 438 g/mol. The van der Waals surface area contributed by atoms with Gasteiger partial charge >= 0.3 is 0 Å². The molecule has 0 aliphatic rings. The van der Waals surface area contributed by atoms with E-state index in [1.807, 2.05) is 60.7 Å². The molecule has 2 N–H and O–H groups in total. The van der Waals surface area contributed by atoms with Gasteiger partial charge < -0.3 is 4.90 Å². The van der Waals surface area contributed by atoms with Crippen molar-refractivity contribution in [3.05, 3.63) is 96.3 Å². The maximum atomic E-state index is 13.3. The topological polar surface area (TPSA) is 111 Å². The lowest BCUT2D eigenvalue weighted by Gasteiger charge is -2.24. The Morgan fingerprint density at radius 3 is 2.24 bits per heavy atom. The zero-order valence-corrected chi connectivity index (χ0v) is 19.0. The largest absolute Gasteiger partial charge is 0.332 e. The van der Waals surface area contributed by atoms with E-state index < -0.39 is 22.0 Å². The van der Waals surface area contributed by atoms with Crippen molar-refractivity contribution in [2.75, 3.05) is 7.05 Å². The summed E-state index contributed by atoms with van der Waals surface area (Å²) in [5, 5.41) is 9.76. The van der Waals surface area contributed by atoms with Crippen molar-refractivity contribution in [3.8, 4) is 17.1 Å². The van der Waals surface area contributed by atoms with Gasteiger partial charge in [-0.2, -0.15) is 0 Å². The number of nitrogens with two attached hydrogens (primary N) is 1. The van der Waals surface area contributed by atoms with Crippen LogP contribution < -0.4 is 5.14 Å². The molecule has 168 valence electrons. The van der Waals surface area contributed by atoms with Gasteiger partial charge in [-0.05, 0) is 36.8 Å². The summed E-state index contributed by atoms with van der Waals surface area (Å²) < 4.78 is 25.1. The lowest BCUT2D eigenvalue weighted by molar-refractivity contribution is 0.0730. The number of aromatic nitrogens is 3. The van der Waals surface area contributed by atoms with Gasteiger partial charge in [0.15, 0.2) is 5.82 Å². The SMILES string of the molecule is CC(c1cccc(S(N)(=O)=O)c1)N(C)C(=O)c1nc(-c2ccccc2)n(-c2ccccc2)n1. The molecule has 0 radical (unpaired) electrons. The van der Waals surface area contributed by atoms with Crippen LogP contribution in [0.15, 0.2) is 89.8 Å². The molecule has 9 heteroatoms. The molecule has 1 unspecified atom stereocenters. The van der Waals surface area contributed by atoms with Gasteiger partial charge in [-0.3, -0.25) is 4.79 Å². The minimum Gasteiger partial charge on any atom is -0.332 e. The molecule has 0 aliphatic heterocycles. The van der Waals surface area contributed by atoms with E-state index in [1.165, 1.54) is 17.0 Å². The average Bonchev–Trinajstić information content (AvgIpc) is 3.29. The molecule has 8 nitrogen and oxygen atoms in total. The number of nitrogens with zero attached hydrogens (tertiary/aromatic N) is 4. The molecule has 1 atom stereocenters. The van der Waals surface area contributed by atoms with E-state index in [4.69, 9.17) is 5.14 Å².